The van der Waals surface area contributed by atoms with E-state index < -0.39 is 0 Å². The van der Waals surface area contributed by atoms with Gasteiger partial charge in [-0.1, -0.05) is 54.6 Å². The number of anilines is 1. The van der Waals surface area contributed by atoms with Gasteiger partial charge >= 0.3 is 0 Å². The van der Waals surface area contributed by atoms with Crippen LogP contribution in [0.25, 0.3) is 11.1 Å². The summed E-state index contributed by atoms with van der Waals surface area (Å²) >= 11 is 0. The maximum Gasteiger partial charge on any atom is 0.126 e. The first-order valence-electron chi connectivity index (χ1n) is 10.1. The maximum absolute atomic E-state index is 5.85. The molecule has 5 rings (SSSR count). The largest absolute Gasteiger partial charge is 0.493 e. The zero-order chi connectivity index (χ0) is 19.5. The molecule has 2 aliphatic rings. The van der Waals surface area contributed by atoms with E-state index in [1.54, 1.807) is 0 Å². The van der Waals surface area contributed by atoms with Crippen LogP contribution < -0.4 is 14.4 Å². The Kier molecular flexibility index (Phi) is 4.79. The highest BCUT2D eigenvalue weighted by Crippen LogP contribution is 2.36. The molecule has 2 aliphatic heterocycles. The van der Waals surface area contributed by atoms with Gasteiger partial charge in [0.15, 0.2) is 0 Å². The van der Waals surface area contributed by atoms with Crippen LogP contribution in [0.2, 0.25) is 0 Å². The molecular formula is C26H23NO2. The van der Waals surface area contributed by atoms with Gasteiger partial charge in [-0.15, -0.1) is 0 Å². The molecule has 0 spiro atoms. The standard InChI is InChI=1S/C26H23NO2/c1-2-8-22(9-3-1)27(18-20-14-16-28-25-12-6-4-10-23(20)25)19-21-15-17-29-26-13-7-5-11-24(21)26/h1-13,18-19H,14-17H2/b20-18+,21-19+. The van der Waals surface area contributed by atoms with Crippen molar-refractivity contribution >= 4 is 16.8 Å². The lowest BCUT2D eigenvalue weighted by atomic mass is 9.99. The summed E-state index contributed by atoms with van der Waals surface area (Å²) < 4.78 is 11.7. The molecule has 0 N–H and O–H groups in total. The average Bonchev–Trinajstić information content (AvgIpc) is 2.80. The Labute approximate surface area is 171 Å². The summed E-state index contributed by atoms with van der Waals surface area (Å²) in [5.41, 5.74) is 6.05. The van der Waals surface area contributed by atoms with E-state index in [1.807, 2.05) is 24.3 Å². The van der Waals surface area contributed by atoms with E-state index in [0.717, 1.165) is 30.0 Å². The van der Waals surface area contributed by atoms with E-state index in [9.17, 15) is 0 Å². The van der Waals surface area contributed by atoms with Gasteiger partial charge < -0.3 is 14.4 Å². The van der Waals surface area contributed by atoms with E-state index >= 15 is 0 Å². The van der Waals surface area contributed by atoms with E-state index in [1.165, 1.54) is 22.3 Å². The van der Waals surface area contributed by atoms with E-state index in [-0.39, 0.29) is 0 Å². The number of para-hydroxylation sites is 3. The Balaban J connectivity index is 1.60. The number of hydrogen-bond acceptors (Lipinski definition) is 3. The first kappa shape index (κ1) is 17.6. The highest BCUT2D eigenvalue weighted by molar-refractivity contribution is 5.78. The zero-order valence-electron chi connectivity index (χ0n) is 16.3. The van der Waals surface area contributed by atoms with E-state index in [0.29, 0.717) is 13.2 Å². The van der Waals surface area contributed by atoms with Gasteiger partial charge in [0.1, 0.15) is 11.5 Å². The molecule has 3 heteroatoms. The van der Waals surface area contributed by atoms with Crippen LogP contribution in [0.1, 0.15) is 24.0 Å². The average molecular weight is 381 g/mol. The molecule has 0 radical (unpaired) electrons. The Hall–Kier alpha value is -3.46. The normalized spacial score (nSPS) is 17.8. The van der Waals surface area contributed by atoms with Crippen molar-refractivity contribution in [2.24, 2.45) is 0 Å². The number of hydrogen-bond donors (Lipinski definition) is 0. The van der Waals surface area contributed by atoms with E-state index in [2.05, 4.69) is 71.9 Å². The van der Waals surface area contributed by atoms with Crippen molar-refractivity contribution in [1.29, 1.82) is 0 Å². The van der Waals surface area contributed by atoms with Gasteiger partial charge in [-0.25, -0.2) is 0 Å². The summed E-state index contributed by atoms with van der Waals surface area (Å²) in [5.74, 6) is 1.92. The first-order chi connectivity index (χ1) is 14.4. The Morgan fingerprint density at radius 3 is 1.62 bits per heavy atom. The van der Waals surface area contributed by atoms with Crippen LogP contribution in [-0.2, 0) is 0 Å². The molecule has 0 amide bonds. The lowest BCUT2D eigenvalue weighted by Gasteiger charge is -2.26. The smallest absolute Gasteiger partial charge is 0.126 e. The quantitative estimate of drug-likeness (QED) is 0.544. The molecule has 0 bridgehead atoms. The fraction of sp³-hybridized carbons (Fsp3) is 0.154. The number of fused-ring (bicyclic) bond motifs is 2. The van der Waals surface area contributed by atoms with Gasteiger partial charge in [0.2, 0.25) is 0 Å². The molecule has 2 heterocycles. The summed E-state index contributed by atoms with van der Waals surface area (Å²) in [4.78, 5) is 2.24. The van der Waals surface area contributed by atoms with Crippen molar-refractivity contribution < 1.29 is 9.47 Å². The second kappa shape index (κ2) is 7.88. The van der Waals surface area contributed by atoms with Crippen molar-refractivity contribution in [3.05, 3.63) is 102 Å². The second-order valence-electron chi connectivity index (χ2n) is 7.24. The highest BCUT2D eigenvalue weighted by Gasteiger charge is 2.18. The second-order valence-corrected chi connectivity index (χ2v) is 7.24. The molecular weight excluding hydrogens is 358 g/mol. The number of ether oxygens (including phenoxy) is 2. The van der Waals surface area contributed by atoms with Gasteiger partial charge in [-0.3, -0.25) is 0 Å². The monoisotopic (exact) mass is 381 g/mol. The summed E-state index contributed by atoms with van der Waals surface area (Å²) in [6.45, 7) is 1.41. The third-order valence-electron chi connectivity index (χ3n) is 5.37. The molecule has 0 aromatic heterocycles. The molecule has 144 valence electrons. The van der Waals surface area contributed by atoms with Crippen molar-refractivity contribution in [2.75, 3.05) is 18.1 Å². The summed E-state index contributed by atoms with van der Waals surface area (Å²) in [6.07, 6.45) is 6.29. The fourth-order valence-electron chi connectivity index (χ4n) is 3.92. The molecule has 3 aromatic carbocycles. The van der Waals surface area contributed by atoms with Crippen LogP contribution in [0.4, 0.5) is 5.69 Å². The Bertz CT molecular complexity index is 1000. The molecule has 0 unspecified atom stereocenters. The van der Waals surface area contributed by atoms with E-state index in [4.69, 9.17) is 9.47 Å². The SMILES string of the molecule is C(=C1/CCOc2ccccc21)/N(/C=C1\CCOc2ccccc21)c1ccccc1. The van der Waals surface area contributed by atoms with Gasteiger partial charge in [0.05, 0.1) is 13.2 Å². The summed E-state index contributed by atoms with van der Waals surface area (Å²) in [7, 11) is 0. The first-order valence-corrected chi connectivity index (χ1v) is 10.1. The molecule has 3 aromatic rings. The summed E-state index contributed by atoms with van der Waals surface area (Å²) in [6, 6.07) is 27.1. The van der Waals surface area contributed by atoms with Gasteiger partial charge in [-0.2, -0.15) is 0 Å². The van der Waals surface area contributed by atoms with Crippen molar-refractivity contribution in [1.82, 2.24) is 0 Å². The van der Waals surface area contributed by atoms with Gasteiger partial charge in [0, 0.05) is 42.1 Å². The van der Waals surface area contributed by atoms with Crippen LogP contribution in [0.15, 0.2) is 91.3 Å². The molecule has 29 heavy (non-hydrogen) atoms. The van der Waals surface area contributed by atoms with Gasteiger partial charge in [0.25, 0.3) is 0 Å². The van der Waals surface area contributed by atoms with Crippen LogP contribution in [-0.4, -0.2) is 13.2 Å². The van der Waals surface area contributed by atoms with Gasteiger partial charge in [-0.05, 0) is 35.4 Å². The Morgan fingerprint density at radius 1 is 0.586 bits per heavy atom. The van der Waals surface area contributed by atoms with Crippen LogP contribution in [0.3, 0.4) is 0 Å². The topological polar surface area (TPSA) is 21.7 Å². The lowest BCUT2D eigenvalue weighted by Crippen LogP contribution is -2.15. The minimum Gasteiger partial charge on any atom is -0.493 e. The molecule has 0 saturated heterocycles. The maximum atomic E-state index is 5.85. The van der Waals surface area contributed by atoms with Crippen LogP contribution in [0.5, 0.6) is 11.5 Å². The minimum atomic E-state index is 0.707. The van der Waals surface area contributed by atoms with Crippen molar-refractivity contribution in [3.63, 3.8) is 0 Å². The predicted molar refractivity (Wildman–Crippen MR) is 118 cm³/mol. The van der Waals surface area contributed by atoms with Crippen molar-refractivity contribution in [3.8, 4) is 11.5 Å². The molecule has 0 atom stereocenters. The third kappa shape index (κ3) is 3.64. The molecule has 0 fully saturated rings. The van der Waals surface area contributed by atoms with Crippen LogP contribution in [0, 0.1) is 0 Å². The highest BCUT2D eigenvalue weighted by atomic mass is 16.5. The number of rotatable bonds is 3. The predicted octanol–water partition coefficient (Wildman–Crippen LogP) is 6.14. The molecule has 0 aliphatic carbocycles. The van der Waals surface area contributed by atoms with Crippen molar-refractivity contribution in [2.45, 2.75) is 12.8 Å². The molecule has 3 nitrogen and oxygen atoms in total. The summed E-state index contributed by atoms with van der Waals surface area (Å²) in [5, 5.41) is 0. The number of nitrogens with zero attached hydrogens (tertiary/aromatic N) is 1. The lowest BCUT2D eigenvalue weighted by molar-refractivity contribution is 0.316. The minimum absolute atomic E-state index is 0.707. The fourth-order valence-corrected chi connectivity index (χ4v) is 3.92. The van der Waals surface area contributed by atoms with Crippen LogP contribution >= 0.6 is 0 Å². The zero-order valence-corrected chi connectivity index (χ0v) is 16.3. The molecule has 0 saturated carbocycles. The Morgan fingerprint density at radius 2 is 1.07 bits per heavy atom. The third-order valence-corrected chi connectivity index (χ3v) is 5.37. The number of benzene rings is 3.